The number of carbonyl (C=O) groups excluding carboxylic acids is 1. The minimum Gasteiger partial charge on any atom is -0.456 e. The number of ether oxygens (including phenoxy) is 1. The first kappa shape index (κ1) is 14.5. The first-order valence-corrected chi connectivity index (χ1v) is 6.14. The maximum atomic E-state index is 12.0. The second-order valence-corrected chi connectivity index (χ2v) is 5.46. The minimum atomic E-state index is -0.481. The summed E-state index contributed by atoms with van der Waals surface area (Å²) in [4.78, 5) is 18.4. The highest BCUT2D eigenvalue weighted by atomic mass is 16.6. The second-order valence-electron chi connectivity index (χ2n) is 5.46. The molecule has 4 heteroatoms. The smallest absolute Gasteiger partial charge is 0.338 e. The Morgan fingerprint density at radius 2 is 1.94 bits per heavy atom. The first-order valence-electron chi connectivity index (χ1n) is 6.14. The van der Waals surface area contributed by atoms with Crippen LogP contribution in [0.25, 0.3) is 0 Å². The number of carbonyl (C=O) groups is 1. The van der Waals surface area contributed by atoms with Gasteiger partial charge in [-0.1, -0.05) is 6.92 Å². The van der Waals surface area contributed by atoms with Crippen molar-refractivity contribution in [2.45, 2.75) is 39.7 Å². The molecule has 0 saturated heterocycles. The molecule has 0 aliphatic carbocycles. The van der Waals surface area contributed by atoms with Crippen LogP contribution in [0.1, 0.15) is 43.7 Å². The lowest BCUT2D eigenvalue weighted by atomic mass is 10.1. The molecule has 0 atom stereocenters. The lowest BCUT2D eigenvalue weighted by Gasteiger charge is -2.20. The number of rotatable bonds is 3. The quantitative estimate of drug-likeness (QED) is 0.773. The van der Waals surface area contributed by atoms with Crippen molar-refractivity contribution in [2.24, 2.45) is 0 Å². The van der Waals surface area contributed by atoms with E-state index in [-0.39, 0.29) is 5.97 Å². The highest BCUT2D eigenvalue weighted by molar-refractivity contribution is 5.90. The molecule has 0 radical (unpaired) electrons. The third-order valence-corrected chi connectivity index (χ3v) is 2.32. The van der Waals surface area contributed by atoms with Crippen LogP contribution in [-0.4, -0.2) is 30.6 Å². The predicted molar refractivity (Wildman–Crippen MR) is 73.1 cm³/mol. The van der Waals surface area contributed by atoms with E-state index in [0.717, 1.165) is 17.9 Å². The molecule has 0 aromatic carbocycles. The molecule has 0 aliphatic rings. The molecule has 0 amide bonds. The maximum Gasteiger partial charge on any atom is 0.338 e. The van der Waals surface area contributed by atoms with Gasteiger partial charge in [0.25, 0.3) is 0 Å². The fourth-order valence-corrected chi connectivity index (χ4v) is 1.44. The van der Waals surface area contributed by atoms with E-state index in [0.29, 0.717) is 5.56 Å². The van der Waals surface area contributed by atoms with E-state index in [9.17, 15) is 4.79 Å². The largest absolute Gasteiger partial charge is 0.456 e. The minimum absolute atomic E-state index is 0.303. The summed E-state index contributed by atoms with van der Waals surface area (Å²) in [5.41, 5.74) is 0.966. The van der Waals surface area contributed by atoms with Crippen LogP contribution in [-0.2, 0) is 11.2 Å². The van der Waals surface area contributed by atoms with E-state index in [4.69, 9.17) is 4.74 Å². The van der Waals surface area contributed by atoms with Gasteiger partial charge in [-0.25, -0.2) is 9.78 Å². The lowest BCUT2D eigenvalue weighted by molar-refractivity contribution is 0.00693. The molecule has 0 unspecified atom stereocenters. The van der Waals surface area contributed by atoms with Crippen molar-refractivity contribution in [1.82, 2.24) is 4.98 Å². The van der Waals surface area contributed by atoms with Gasteiger partial charge in [0.05, 0.1) is 5.56 Å². The third kappa shape index (κ3) is 4.02. The van der Waals surface area contributed by atoms with E-state index in [1.54, 1.807) is 12.1 Å². The monoisotopic (exact) mass is 250 g/mol. The Labute approximate surface area is 109 Å². The average molecular weight is 250 g/mol. The van der Waals surface area contributed by atoms with Crippen LogP contribution in [0, 0.1) is 0 Å². The van der Waals surface area contributed by atoms with E-state index >= 15 is 0 Å². The molecule has 0 N–H and O–H groups in total. The van der Waals surface area contributed by atoms with Gasteiger partial charge in [-0.3, -0.25) is 0 Å². The normalized spacial score (nSPS) is 11.2. The first-order chi connectivity index (χ1) is 8.23. The Hall–Kier alpha value is -1.58. The van der Waals surface area contributed by atoms with Gasteiger partial charge >= 0.3 is 5.97 Å². The molecule has 0 saturated carbocycles. The number of pyridine rings is 1. The third-order valence-electron chi connectivity index (χ3n) is 2.32. The Kier molecular flexibility index (Phi) is 4.33. The van der Waals surface area contributed by atoms with Crippen LogP contribution < -0.4 is 4.90 Å². The maximum absolute atomic E-state index is 12.0. The summed E-state index contributed by atoms with van der Waals surface area (Å²) < 4.78 is 5.37. The van der Waals surface area contributed by atoms with Crippen LogP contribution in [0.3, 0.4) is 0 Å². The van der Waals surface area contributed by atoms with Crippen LogP contribution in [0.4, 0.5) is 5.82 Å². The molecule has 0 spiro atoms. The van der Waals surface area contributed by atoms with Crippen molar-refractivity contribution in [3.8, 4) is 0 Å². The van der Waals surface area contributed by atoms with Gasteiger partial charge < -0.3 is 9.64 Å². The summed E-state index contributed by atoms with van der Waals surface area (Å²) in [6.07, 6.45) is 0.789. The zero-order valence-corrected chi connectivity index (χ0v) is 12.1. The summed E-state index contributed by atoms with van der Waals surface area (Å²) in [6, 6.07) is 3.55. The topological polar surface area (TPSA) is 42.4 Å². The van der Waals surface area contributed by atoms with E-state index in [1.807, 2.05) is 46.7 Å². The number of nitrogens with zero attached hydrogens (tertiary/aromatic N) is 2. The average Bonchev–Trinajstić information content (AvgIpc) is 2.26. The zero-order chi connectivity index (χ0) is 13.9. The van der Waals surface area contributed by atoms with Gasteiger partial charge in [-0.15, -0.1) is 0 Å². The van der Waals surface area contributed by atoms with E-state index in [1.165, 1.54) is 0 Å². The summed E-state index contributed by atoms with van der Waals surface area (Å²) in [6.45, 7) is 7.60. The number of anilines is 1. The highest BCUT2D eigenvalue weighted by Crippen LogP contribution is 2.17. The van der Waals surface area contributed by atoms with Crippen molar-refractivity contribution in [2.75, 3.05) is 19.0 Å². The van der Waals surface area contributed by atoms with E-state index in [2.05, 4.69) is 4.98 Å². The van der Waals surface area contributed by atoms with Gasteiger partial charge in [0.2, 0.25) is 0 Å². The summed E-state index contributed by atoms with van der Waals surface area (Å²) in [5.74, 6) is 0.470. The molecule has 1 heterocycles. The standard InChI is InChI=1S/C14H22N2O2/c1-7-11-8-10(9-12(15-11)16(5)6)13(17)18-14(2,3)4/h8-9H,7H2,1-6H3. The molecule has 100 valence electrons. The summed E-state index contributed by atoms with van der Waals surface area (Å²) in [7, 11) is 3.81. The van der Waals surface area contributed by atoms with Crippen molar-refractivity contribution in [3.05, 3.63) is 23.4 Å². The van der Waals surface area contributed by atoms with Gasteiger partial charge in [-0.2, -0.15) is 0 Å². The SMILES string of the molecule is CCc1cc(C(=O)OC(C)(C)C)cc(N(C)C)n1. The number of aryl methyl sites for hydroxylation is 1. The second kappa shape index (κ2) is 5.38. The van der Waals surface area contributed by atoms with Crippen molar-refractivity contribution in [1.29, 1.82) is 0 Å². The van der Waals surface area contributed by atoms with Crippen LogP contribution in [0.2, 0.25) is 0 Å². The molecule has 1 rings (SSSR count). The molecular weight excluding hydrogens is 228 g/mol. The molecular formula is C14H22N2O2. The number of aromatic nitrogens is 1. The Bertz CT molecular complexity index is 434. The zero-order valence-electron chi connectivity index (χ0n) is 12.1. The predicted octanol–water partition coefficient (Wildman–Crippen LogP) is 2.67. The van der Waals surface area contributed by atoms with Crippen LogP contribution >= 0.6 is 0 Å². The number of hydrogen-bond donors (Lipinski definition) is 0. The molecule has 1 aromatic heterocycles. The van der Waals surface area contributed by atoms with E-state index < -0.39 is 5.60 Å². The fraction of sp³-hybridized carbons (Fsp3) is 0.571. The molecule has 18 heavy (non-hydrogen) atoms. The Balaban J connectivity index is 3.08. The fourth-order valence-electron chi connectivity index (χ4n) is 1.44. The Morgan fingerprint density at radius 1 is 1.33 bits per heavy atom. The number of hydrogen-bond acceptors (Lipinski definition) is 4. The van der Waals surface area contributed by atoms with Crippen LogP contribution in [0.5, 0.6) is 0 Å². The molecule has 0 fully saturated rings. The Morgan fingerprint density at radius 3 is 2.39 bits per heavy atom. The summed E-state index contributed by atoms with van der Waals surface area (Å²) >= 11 is 0. The van der Waals surface area contributed by atoms with Gasteiger partial charge in [0.1, 0.15) is 11.4 Å². The highest BCUT2D eigenvalue weighted by Gasteiger charge is 2.19. The lowest BCUT2D eigenvalue weighted by Crippen LogP contribution is -2.24. The summed E-state index contributed by atoms with van der Waals surface area (Å²) in [5, 5.41) is 0. The molecule has 0 aliphatic heterocycles. The van der Waals surface area contributed by atoms with Crippen LogP contribution in [0.15, 0.2) is 12.1 Å². The van der Waals surface area contributed by atoms with Gasteiger partial charge in [-0.05, 0) is 39.3 Å². The molecule has 1 aromatic rings. The van der Waals surface area contributed by atoms with Crippen molar-refractivity contribution < 1.29 is 9.53 Å². The van der Waals surface area contributed by atoms with Gasteiger partial charge in [0, 0.05) is 19.8 Å². The number of esters is 1. The molecule has 4 nitrogen and oxygen atoms in total. The van der Waals surface area contributed by atoms with Gasteiger partial charge in [0.15, 0.2) is 0 Å². The molecule has 0 bridgehead atoms. The van der Waals surface area contributed by atoms with Crippen molar-refractivity contribution in [3.63, 3.8) is 0 Å². The van der Waals surface area contributed by atoms with Crippen molar-refractivity contribution >= 4 is 11.8 Å².